The normalized spacial score (nSPS) is 10.8. The SMILES string of the molecule is CC(C)Cc1ccc(C(=O)c2ccc(O)c(O)c2)cc1. The molecule has 20 heavy (non-hydrogen) atoms. The molecule has 3 nitrogen and oxygen atoms in total. The van der Waals surface area contributed by atoms with Gasteiger partial charge in [-0.3, -0.25) is 4.79 Å². The van der Waals surface area contributed by atoms with Gasteiger partial charge in [0.1, 0.15) is 0 Å². The topological polar surface area (TPSA) is 57.5 Å². The molecule has 0 aliphatic heterocycles. The van der Waals surface area contributed by atoms with Crippen LogP contribution in [0.15, 0.2) is 42.5 Å². The van der Waals surface area contributed by atoms with Gasteiger partial charge in [0.25, 0.3) is 0 Å². The number of hydrogen-bond donors (Lipinski definition) is 2. The number of carbonyl (C=O) groups is 1. The molecule has 0 bridgehead atoms. The summed E-state index contributed by atoms with van der Waals surface area (Å²) in [6.07, 6.45) is 0.981. The molecular formula is C17H18O3. The van der Waals surface area contributed by atoms with Gasteiger partial charge in [-0.1, -0.05) is 38.1 Å². The van der Waals surface area contributed by atoms with Crippen LogP contribution in [0, 0.1) is 5.92 Å². The zero-order valence-electron chi connectivity index (χ0n) is 11.6. The Morgan fingerprint density at radius 1 is 0.950 bits per heavy atom. The van der Waals surface area contributed by atoms with E-state index in [1.165, 1.54) is 23.8 Å². The molecule has 2 aromatic rings. The molecule has 3 heteroatoms. The summed E-state index contributed by atoms with van der Waals surface area (Å²) >= 11 is 0. The minimum Gasteiger partial charge on any atom is -0.504 e. The Morgan fingerprint density at radius 3 is 2.10 bits per heavy atom. The lowest BCUT2D eigenvalue weighted by Gasteiger charge is -2.07. The van der Waals surface area contributed by atoms with Crippen LogP contribution in [0.3, 0.4) is 0 Å². The van der Waals surface area contributed by atoms with Gasteiger partial charge in [0.2, 0.25) is 0 Å². The lowest BCUT2D eigenvalue weighted by atomic mass is 9.98. The van der Waals surface area contributed by atoms with Gasteiger partial charge in [-0.2, -0.15) is 0 Å². The van der Waals surface area contributed by atoms with Crippen LogP contribution in [-0.2, 0) is 6.42 Å². The first kappa shape index (κ1) is 14.1. The Balaban J connectivity index is 2.22. The number of benzene rings is 2. The Bertz CT molecular complexity index is 613. The highest BCUT2D eigenvalue weighted by Gasteiger charge is 2.11. The fourth-order valence-corrected chi connectivity index (χ4v) is 2.09. The molecule has 0 saturated carbocycles. The first-order valence-corrected chi connectivity index (χ1v) is 6.63. The highest BCUT2D eigenvalue weighted by Crippen LogP contribution is 2.26. The standard InChI is InChI=1S/C17H18O3/c1-11(2)9-12-3-5-13(6-4-12)17(20)14-7-8-15(18)16(19)10-14/h3-8,10-11,18-19H,9H2,1-2H3. The third-order valence-electron chi connectivity index (χ3n) is 3.10. The molecule has 2 aromatic carbocycles. The molecule has 0 aromatic heterocycles. The van der Waals surface area contributed by atoms with E-state index in [1.807, 2.05) is 12.1 Å². The molecule has 2 rings (SSSR count). The van der Waals surface area contributed by atoms with E-state index in [9.17, 15) is 15.0 Å². The largest absolute Gasteiger partial charge is 0.504 e. The van der Waals surface area contributed by atoms with Crippen LogP contribution in [0.5, 0.6) is 11.5 Å². The zero-order valence-corrected chi connectivity index (χ0v) is 11.6. The van der Waals surface area contributed by atoms with Gasteiger partial charge >= 0.3 is 0 Å². The summed E-state index contributed by atoms with van der Waals surface area (Å²) in [6, 6.07) is 11.6. The second-order valence-electron chi connectivity index (χ2n) is 5.33. The van der Waals surface area contributed by atoms with Gasteiger partial charge in [-0.15, -0.1) is 0 Å². The van der Waals surface area contributed by atoms with Gasteiger partial charge in [-0.25, -0.2) is 0 Å². The van der Waals surface area contributed by atoms with Gasteiger partial charge in [-0.05, 0) is 36.1 Å². The van der Waals surface area contributed by atoms with Gasteiger partial charge in [0.15, 0.2) is 17.3 Å². The highest BCUT2D eigenvalue weighted by atomic mass is 16.3. The summed E-state index contributed by atoms with van der Waals surface area (Å²) in [5.74, 6) is -0.108. The van der Waals surface area contributed by atoms with Crippen LogP contribution in [0.25, 0.3) is 0 Å². The van der Waals surface area contributed by atoms with Gasteiger partial charge in [0.05, 0.1) is 0 Å². The van der Waals surface area contributed by atoms with Crippen molar-refractivity contribution >= 4 is 5.78 Å². The van der Waals surface area contributed by atoms with Crippen molar-refractivity contribution in [1.29, 1.82) is 0 Å². The van der Waals surface area contributed by atoms with Crippen LogP contribution in [0.4, 0.5) is 0 Å². The summed E-state index contributed by atoms with van der Waals surface area (Å²) in [6.45, 7) is 4.30. The molecule has 0 spiro atoms. The van der Waals surface area contributed by atoms with E-state index < -0.39 is 0 Å². The van der Waals surface area contributed by atoms with Crippen LogP contribution in [-0.4, -0.2) is 16.0 Å². The number of rotatable bonds is 4. The molecule has 0 unspecified atom stereocenters. The molecule has 0 aliphatic rings. The highest BCUT2D eigenvalue weighted by molar-refractivity contribution is 6.09. The molecule has 0 aliphatic carbocycles. The average molecular weight is 270 g/mol. The summed E-state index contributed by atoms with van der Waals surface area (Å²) in [5, 5.41) is 18.7. The van der Waals surface area contributed by atoms with Crippen molar-refractivity contribution in [2.45, 2.75) is 20.3 Å². The second kappa shape index (κ2) is 5.78. The van der Waals surface area contributed by atoms with Crippen molar-refractivity contribution < 1.29 is 15.0 Å². The maximum atomic E-state index is 12.3. The minimum absolute atomic E-state index is 0.170. The molecular weight excluding hydrogens is 252 g/mol. The number of phenols is 2. The zero-order chi connectivity index (χ0) is 14.7. The first-order chi connectivity index (χ1) is 9.47. The Kier molecular flexibility index (Phi) is 4.08. The number of carbonyl (C=O) groups excluding carboxylic acids is 1. The maximum absolute atomic E-state index is 12.3. The van der Waals surface area contributed by atoms with Crippen molar-refractivity contribution in [2.75, 3.05) is 0 Å². The fraction of sp³-hybridized carbons (Fsp3) is 0.235. The molecule has 0 saturated heterocycles. The number of aromatic hydroxyl groups is 2. The van der Waals surface area contributed by atoms with Crippen molar-refractivity contribution in [3.05, 3.63) is 59.2 Å². The molecule has 0 radical (unpaired) electrons. The average Bonchev–Trinajstić information content (AvgIpc) is 2.41. The molecule has 0 amide bonds. The summed E-state index contributed by atoms with van der Waals surface area (Å²) in [5.41, 5.74) is 2.13. The Labute approximate surface area is 118 Å². The lowest BCUT2D eigenvalue weighted by Crippen LogP contribution is -2.02. The van der Waals surface area contributed by atoms with Crippen LogP contribution < -0.4 is 0 Å². The lowest BCUT2D eigenvalue weighted by molar-refractivity contribution is 0.103. The summed E-state index contributed by atoms with van der Waals surface area (Å²) in [7, 11) is 0. The van der Waals surface area contributed by atoms with E-state index in [4.69, 9.17) is 0 Å². The molecule has 0 fully saturated rings. The third kappa shape index (κ3) is 3.18. The molecule has 0 atom stereocenters. The number of phenolic OH excluding ortho intramolecular Hbond substituents is 2. The van der Waals surface area contributed by atoms with Crippen molar-refractivity contribution in [3.8, 4) is 11.5 Å². The number of ketones is 1. The van der Waals surface area contributed by atoms with Gasteiger partial charge in [0, 0.05) is 11.1 Å². The van der Waals surface area contributed by atoms with E-state index >= 15 is 0 Å². The Morgan fingerprint density at radius 2 is 1.55 bits per heavy atom. The smallest absolute Gasteiger partial charge is 0.193 e. The minimum atomic E-state index is -0.285. The van der Waals surface area contributed by atoms with E-state index in [-0.39, 0.29) is 17.3 Å². The molecule has 2 N–H and O–H groups in total. The van der Waals surface area contributed by atoms with Crippen molar-refractivity contribution in [1.82, 2.24) is 0 Å². The van der Waals surface area contributed by atoms with Crippen molar-refractivity contribution in [3.63, 3.8) is 0 Å². The van der Waals surface area contributed by atoms with E-state index in [0.717, 1.165) is 6.42 Å². The van der Waals surface area contributed by atoms with Crippen LogP contribution >= 0.6 is 0 Å². The first-order valence-electron chi connectivity index (χ1n) is 6.63. The van der Waals surface area contributed by atoms with E-state index in [2.05, 4.69) is 13.8 Å². The van der Waals surface area contributed by atoms with Crippen molar-refractivity contribution in [2.24, 2.45) is 5.92 Å². The monoisotopic (exact) mass is 270 g/mol. The number of hydrogen-bond acceptors (Lipinski definition) is 3. The predicted octanol–water partition coefficient (Wildman–Crippen LogP) is 3.53. The second-order valence-corrected chi connectivity index (χ2v) is 5.33. The van der Waals surface area contributed by atoms with E-state index in [0.29, 0.717) is 17.0 Å². The predicted molar refractivity (Wildman–Crippen MR) is 78.2 cm³/mol. The quantitative estimate of drug-likeness (QED) is 0.660. The maximum Gasteiger partial charge on any atom is 0.193 e. The third-order valence-corrected chi connectivity index (χ3v) is 3.10. The van der Waals surface area contributed by atoms with Gasteiger partial charge < -0.3 is 10.2 Å². The van der Waals surface area contributed by atoms with Crippen LogP contribution in [0.2, 0.25) is 0 Å². The summed E-state index contributed by atoms with van der Waals surface area (Å²) < 4.78 is 0. The van der Waals surface area contributed by atoms with E-state index in [1.54, 1.807) is 12.1 Å². The van der Waals surface area contributed by atoms with Crippen LogP contribution in [0.1, 0.15) is 35.3 Å². The molecule has 0 heterocycles. The Hall–Kier alpha value is -2.29. The fourth-order valence-electron chi connectivity index (χ4n) is 2.09. The summed E-state index contributed by atoms with van der Waals surface area (Å²) in [4.78, 5) is 12.3. The molecule has 104 valence electrons.